The fourth-order valence-electron chi connectivity index (χ4n) is 4.47. The van der Waals surface area contributed by atoms with Crippen molar-refractivity contribution < 1.29 is 23.6 Å². The predicted octanol–water partition coefficient (Wildman–Crippen LogP) is 7.60. The molecule has 5 nitrogen and oxygen atoms in total. The maximum absolute atomic E-state index is 14.2. The molecular weight excluding hydrogens is 483 g/mol. The third-order valence-electron chi connectivity index (χ3n) is 6.55. The SMILES string of the molecule is COc1cccc(OC)c1C(=O)[P+](=O)c1ccccc1C(=O)c1c(C(C)C)cc(C(C)C)cc1C(C)C. The molecule has 0 N–H and O–H groups in total. The summed E-state index contributed by atoms with van der Waals surface area (Å²) in [6, 6.07) is 15.8. The summed E-state index contributed by atoms with van der Waals surface area (Å²) in [4.78, 5) is 27.8. The largest absolute Gasteiger partial charge is 0.496 e. The first-order valence-corrected chi connectivity index (χ1v) is 13.8. The Balaban J connectivity index is 2.20. The number of rotatable bonds is 10. The number of carbonyl (C=O) groups excluding carboxylic acids is 2. The highest BCUT2D eigenvalue weighted by Crippen LogP contribution is 2.39. The number of hydrogen-bond acceptors (Lipinski definition) is 5. The zero-order valence-corrected chi connectivity index (χ0v) is 23.8. The average Bonchev–Trinajstić information content (AvgIpc) is 2.90. The van der Waals surface area contributed by atoms with Gasteiger partial charge in [0.05, 0.1) is 19.8 Å². The van der Waals surface area contributed by atoms with Gasteiger partial charge in [-0.2, -0.15) is 0 Å². The van der Waals surface area contributed by atoms with E-state index in [0.29, 0.717) is 11.5 Å². The second-order valence-corrected chi connectivity index (χ2v) is 11.5. The number of carbonyl (C=O) groups is 2. The molecular formula is C31H36O5P+. The lowest BCUT2D eigenvalue weighted by Crippen LogP contribution is -2.20. The average molecular weight is 520 g/mol. The number of benzene rings is 3. The fourth-order valence-corrected chi connectivity index (χ4v) is 5.73. The summed E-state index contributed by atoms with van der Waals surface area (Å²) in [5.74, 6) is 0.844. The van der Waals surface area contributed by atoms with Crippen LogP contribution in [0.4, 0.5) is 0 Å². The first-order chi connectivity index (χ1) is 17.5. The number of hydrogen-bond donors (Lipinski definition) is 0. The minimum atomic E-state index is -2.64. The van der Waals surface area contributed by atoms with Crippen LogP contribution in [0, 0.1) is 0 Å². The van der Waals surface area contributed by atoms with Gasteiger partial charge in [-0.3, -0.25) is 4.79 Å². The van der Waals surface area contributed by atoms with Crippen LogP contribution in [-0.4, -0.2) is 25.5 Å². The van der Waals surface area contributed by atoms with E-state index >= 15 is 0 Å². The molecule has 0 spiro atoms. The molecule has 1 unspecified atom stereocenters. The quantitative estimate of drug-likeness (QED) is 0.204. The van der Waals surface area contributed by atoms with Crippen LogP contribution in [-0.2, 0) is 4.57 Å². The van der Waals surface area contributed by atoms with Crippen molar-refractivity contribution in [1.29, 1.82) is 0 Å². The van der Waals surface area contributed by atoms with Crippen molar-refractivity contribution in [2.45, 2.75) is 59.3 Å². The summed E-state index contributed by atoms with van der Waals surface area (Å²) < 4.78 is 24.5. The van der Waals surface area contributed by atoms with E-state index in [-0.39, 0.29) is 45.5 Å². The molecule has 0 bridgehead atoms. The number of ketones is 1. The third-order valence-corrected chi connectivity index (χ3v) is 7.97. The van der Waals surface area contributed by atoms with Gasteiger partial charge in [0.2, 0.25) is 5.30 Å². The van der Waals surface area contributed by atoms with Crippen LogP contribution in [0.15, 0.2) is 54.6 Å². The normalized spacial score (nSPS) is 11.7. The van der Waals surface area contributed by atoms with Gasteiger partial charge in [-0.15, -0.1) is 0 Å². The summed E-state index contributed by atoms with van der Waals surface area (Å²) >= 11 is 0. The lowest BCUT2D eigenvalue weighted by molar-refractivity contribution is 0.103. The van der Waals surface area contributed by atoms with E-state index in [9.17, 15) is 14.2 Å². The Bertz CT molecular complexity index is 1290. The molecule has 0 aliphatic carbocycles. The Morgan fingerprint density at radius 2 is 1.22 bits per heavy atom. The molecule has 0 fully saturated rings. The van der Waals surface area contributed by atoms with Crippen LogP contribution in [0.25, 0.3) is 0 Å². The maximum atomic E-state index is 14.2. The van der Waals surface area contributed by atoms with E-state index in [2.05, 4.69) is 53.7 Å². The van der Waals surface area contributed by atoms with Gasteiger partial charge in [0.1, 0.15) is 11.5 Å². The monoisotopic (exact) mass is 519 g/mol. The third kappa shape index (κ3) is 5.67. The van der Waals surface area contributed by atoms with E-state index in [1.165, 1.54) is 19.8 Å². The van der Waals surface area contributed by atoms with E-state index in [4.69, 9.17) is 9.47 Å². The standard InChI is InChI=1S/C31H36O5P/c1-18(2)21-16-23(19(3)4)28(24(17-21)20(5)6)30(32)22-12-9-10-15-27(22)37(34)31(33)29-25(35-7)13-11-14-26(29)36-8/h9-20H,1-8H3/q+1. The predicted molar refractivity (Wildman–Crippen MR) is 150 cm³/mol. The van der Waals surface area contributed by atoms with Gasteiger partial charge in [-0.1, -0.05) is 76.4 Å². The summed E-state index contributed by atoms with van der Waals surface area (Å²) in [6.45, 7) is 12.6. The molecule has 1 atom stereocenters. The maximum Gasteiger partial charge on any atom is 0.459 e. The van der Waals surface area contributed by atoms with Crippen molar-refractivity contribution in [1.82, 2.24) is 0 Å². The van der Waals surface area contributed by atoms with E-state index in [0.717, 1.165) is 11.1 Å². The van der Waals surface area contributed by atoms with Crippen LogP contribution in [0.3, 0.4) is 0 Å². The molecule has 3 aromatic rings. The van der Waals surface area contributed by atoms with Crippen molar-refractivity contribution in [2.24, 2.45) is 0 Å². The van der Waals surface area contributed by atoms with Crippen LogP contribution in [0.5, 0.6) is 11.5 Å². The molecule has 0 aliphatic heterocycles. The van der Waals surface area contributed by atoms with Crippen LogP contribution >= 0.6 is 7.80 Å². The molecule has 0 aromatic heterocycles. The zero-order valence-electron chi connectivity index (χ0n) is 22.9. The molecule has 0 amide bonds. The van der Waals surface area contributed by atoms with Crippen molar-refractivity contribution in [3.63, 3.8) is 0 Å². The number of ether oxygens (including phenoxy) is 2. The molecule has 3 aromatic carbocycles. The number of methoxy groups -OCH3 is 2. The fraction of sp³-hybridized carbons (Fsp3) is 0.355. The second kappa shape index (κ2) is 11.8. The van der Waals surface area contributed by atoms with Crippen molar-refractivity contribution >= 4 is 24.4 Å². The van der Waals surface area contributed by atoms with Crippen molar-refractivity contribution in [3.05, 3.63) is 88.0 Å². The first kappa shape index (κ1) is 28.3. The van der Waals surface area contributed by atoms with Gasteiger partial charge >= 0.3 is 13.3 Å². The minimum Gasteiger partial charge on any atom is -0.496 e. The highest BCUT2D eigenvalue weighted by Gasteiger charge is 2.41. The smallest absolute Gasteiger partial charge is 0.459 e. The Morgan fingerprint density at radius 3 is 1.68 bits per heavy atom. The van der Waals surface area contributed by atoms with Gasteiger partial charge in [-0.25, -0.2) is 4.79 Å². The molecule has 194 valence electrons. The Morgan fingerprint density at radius 1 is 0.703 bits per heavy atom. The molecule has 0 heterocycles. The molecule has 37 heavy (non-hydrogen) atoms. The van der Waals surface area contributed by atoms with Gasteiger partial charge < -0.3 is 9.47 Å². The molecule has 3 rings (SSSR count). The summed E-state index contributed by atoms with van der Waals surface area (Å²) in [5, 5.41) is 0.206. The zero-order chi connectivity index (χ0) is 27.4. The van der Waals surface area contributed by atoms with Crippen molar-refractivity contribution in [3.8, 4) is 11.5 Å². The Labute approximate surface area is 221 Å². The molecule has 0 aliphatic rings. The first-order valence-electron chi connectivity index (χ1n) is 12.6. The highest BCUT2D eigenvalue weighted by atomic mass is 31.1. The Hall–Kier alpha value is -3.30. The lowest BCUT2D eigenvalue weighted by atomic mass is 9.81. The van der Waals surface area contributed by atoms with Gasteiger partial charge in [0.15, 0.2) is 11.3 Å². The van der Waals surface area contributed by atoms with Crippen LogP contribution in [0.2, 0.25) is 0 Å². The van der Waals surface area contributed by atoms with E-state index < -0.39 is 13.3 Å². The summed E-state index contributed by atoms with van der Waals surface area (Å²) in [6.07, 6.45) is 0. The summed E-state index contributed by atoms with van der Waals surface area (Å²) in [5.41, 5.74) is 3.46. The van der Waals surface area contributed by atoms with Crippen molar-refractivity contribution in [2.75, 3.05) is 14.2 Å². The molecule has 0 saturated heterocycles. The highest BCUT2D eigenvalue weighted by molar-refractivity contribution is 7.71. The minimum absolute atomic E-state index is 0.0999. The van der Waals surface area contributed by atoms with Gasteiger partial charge in [0.25, 0.3) is 0 Å². The summed E-state index contributed by atoms with van der Waals surface area (Å²) in [7, 11) is 0.248. The van der Waals surface area contributed by atoms with Gasteiger partial charge in [0, 0.05) is 5.56 Å². The topological polar surface area (TPSA) is 69.7 Å². The molecule has 6 heteroatoms. The molecule has 0 saturated carbocycles. The van der Waals surface area contributed by atoms with Crippen LogP contribution < -0.4 is 14.8 Å². The van der Waals surface area contributed by atoms with Gasteiger partial charge in [-0.05, 0) is 58.7 Å². The van der Waals surface area contributed by atoms with E-state index in [1.807, 2.05) is 0 Å². The van der Waals surface area contributed by atoms with E-state index in [1.54, 1.807) is 42.5 Å². The second-order valence-electron chi connectivity index (χ2n) is 10.0. The lowest BCUT2D eigenvalue weighted by Gasteiger charge is -2.22. The Kier molecular flexibility index (Phi) is 9.04. The molecule has 0 radical (unpaired) electrons. The van der Waals surface area contributed by atoms with Crippen LogP contribution in [0.1, 0.15) is 102 Å².